The second kappa shape index (κ2) is 14.4. The number of fused-ring (bicyclic) bond motifs is 1. The Kier molecular flexibility index (Phi) is 12.0. The molecule has 1 heterocycles. The molecule has 9 nitrogen and oxygen atoms in total. The van der Waals surface area contributed by atoms with E-state index in [1.807, 2.05) is 71.8 Å². The van der Waals surface area contributed by atoms with Crippen molar-refractivity contribution in [3.8, 4) is 5.75 Å². The Morgan fingerprint density at radius 3 is 2.51 bits per heavy atom. The van der Waals surface area contributed by atoms with Gasteiger partial charge in [-0.15, -0.1) is 0 Å². The fourth-order valence-corrected chi connectivity index (χ4v) is 4.36. The third-order valence-corrected chi connectivity index (χ3v) is 6.76. The van der Waals surface area contributed by atoms with E-state index in [9.17, 15) is 14.7 Å². The molecule has 210 valence electrons. The number of likely N-dealkylation sites (N-methyl/N-ethyl adjacent to an activating group) is 1. The molecule has 4 atom stereocenters. The van der Waals surface area contributed by atoms with Gasteiger partial charge in [-0.2, -0.15) is 0 Å². The Labute approximate surface area is 223 Å². The van der Waals surface area contributed by atoms with E-state index in [2.05, 4.69) is 5.32 Å². The van der Waals surface area contributed by atoms with Crippen LogP contribution in [-0.2, 0) is 4.74 Å². The van der Waals surface area contributed by atoms with Gasteiger partial charge in [-0.1, -0.05) is 6.92 Å². The summed E-state index contributed by atoms with van der Waals surface area (Å²) in [5.74, 6) is 0.275. The van der Waals surface area contributed by atoms with Crippen molar-refractivity contribution in [1.29, 1.82) is 0 Å². The molecule has 0 spiro atoms. The molecular weight excluding hydrogens is 472 g/mol. The maximum absolute atomic E-state index is 14.0. The summed E-state index contributed by atoms with van der Waals surface area (Å²) in [6.45, 7) is 10.9. The van der Waals surface area contributed by atoms with Crippen LogP contribution in [0.15, 0.2) is 18.2 Å². The number of aliphatic hydroxyl groups is 1. The zero-order valence-corrected chi connectivity index (χ0v) is 24.0. The predicted molar refractivity (Wildman–Crippen MR) is 147 cm³/mol. The molecule has 2 rings (SSSR count). The SMILES string of the molecule is CC(C)NC(=O)N(C)C[C@H]1OCCCC[C@@H](C)Oc2ccc(N(C)C)cc2C(=O)N([C@H](C)CO)C[C@H]1C. The first-order chi connectivity index (χ1) is 17.4. The number of nitrogens with one attached hydrogen (secondary N) is 1. The van der Waals surface area contributed by atoms with Gasteiger partial charge in [0, 0.05) is 58.5 Å². The molecule has 0 aromatic heterocycles. The van der Waals surface area contributed by atoms with Crippen LogP contribution in [0.25, 0.3) is 0 Å². The molecule has 1 aliphatic heterocycles. The minimum absolute atomic E-state index is 0.0344. The van der Waals surface area contributed by atoms with E-state index >= 15 is 0 Å². The van der Waals surface area contributed by atoms with Gasteiger partial charge < -0.3 is 34.6 Å². The second-order valence-corrected chi connectivity index (χ2v) is 10.9. The Balaban J connectivity index is 2.43. The number of hydrogen-bond acceptors (Lipinski definition) is 6. The third kappa shape index (κ3) is 9.07. The van der Waals surface area contributed by atoms with E-state index in [1.165, 1.54) is 0 Å². The van der Waals surface area contributed by atoms with Crippen LogP contribution in [0.1, 0.15) is 64.2 Å². The molecule has 1 aliphatic rings. The minimum atomic E-state index is -0.404. The topological polar surface area (TPSA) is 94.6 Å². The molecule has 0 saturated carbocycles. The molecule has 0 aliphatic carbocycles. The zero-order chi connectivity index (χ0) is 27.7. The van der Waals surface area contributed by atoms with Crippen LogP contribution in [0.3, 0.4) is 0 Å². The standard InChI is InChI=1S/C28H48N4O5/c1-19(2)29-28(35)31(8)17-26-20(3)16-32(21(4)18-33)27(34)24-15-23(30(6)7)12-13-25(24)37-22(5)11-9-10-14-36-26/h12-13,15,19-22,26,33H,9-11,14,16-18H2,1-8H3,(H,29,35)/t20-,21-,22-,26-/m1/s1. The molecule has 0 bridgehead atoms. The summed E-state index contributed by atoms with van der Waals surface area (Å²) < 4.78 is 12.6. The van der Waals surface area contributed by atoms with Crippen molar-refractivity contribution in [2.24, 2.45) is 5.92 Å². The van der Waals surface area contributed by atoms with Crippen molar-refractivity contribution in [3.05, 3.63) is 23.8 Å². The number of ether oxygens (including phenoxy) is 2. The molecule has 2 N–H and O–H groups in total. The monoisotopic (exact) mass is 520 g/mol. The molecule has 1 aromatic carbocycles. The van der Waals surface area contributed by atoms with Crippen molar-refractivity contribution in [1.82, 2.24) is 15.1 Å². The van der Waals surface area contributed by atoms with Gasteiger partial charge in [-0.05, 0) is 65.2 Å². The van der Waals surface area contributed by atoms with Crippen LogP contribution in [0.2, 0.25) is 0 Å². The molecule has 0 saturated heterocycles. The smallest absolute Gasteiger partial charge is 0.317 e. The lowest BCUT2D eigenvalue weighted by Gasteiger charge is -2.36. The third-order valence-electron chi connectivity index (χ3n) is 6.76. The maximum atomic E-state index is 14.0. The van der Waals surface area contributed by atoms with Gasteiger partial charge in [0.1, 0.15) is 5.75 Å². The largest absolute Gasteiger partial charge is 0.490 e. The van der Waals surface area contributed by atoms with Crippen molar-refractivity contribution in [2.75, 3.05) is 52.3 Å². The summed E-state index contributed by atoms with van der Waals surface area (Å²) in [7, 11) is 5.63. The van der Waals surface area contributed by atoms with Gasteiger partial charge in [0.15, 0.2) is 0 Å². The number of benzene rings is 1. The minimum Gasteiger partial charge on any atom is -0.490 e. The highest BCUT2D eigenvalue weighted by Crippen LogP contribution is 2.29. The molecule has 9 heteroatoms. The molecule has 0 fully saturated rings. The van der Waals surface area contributed by atoms with Gasteiger partial charge in [0.2, 0.25) is 0 Å². The number of hydrogen-bond donors (Lipinski definition) is 2. The lowest BCUT2D eigenvalue weighted by molar-refractivity contribution is -0.0122. The Morgan fingerprint density at radius 2 is 1.89 bits per heavy atom. The number of carbonyl (C=O) groups is 2. The first-order valence-electron chi connectivity index (χ1n) is 13.5. The fraction of sp³-hybridized carbons (Fsp3) is 0.714. The number of amides is 3. The van der Waals surface area contributed by atoms with E-state index in [-0.39, 0.29) is 42.7 Å². The maximum Gasteiger partial charge on any atom is 0.317 e. The van der Waals surface area contributed by atoms with E-state index in [0.717, 1.165) is 24.9 Å². The summed E-state index contributed by atoms with van der Waals surface area (Å²) in [5.41, 5.74) is 1.38. The summed E-state index contributed by atoms with van der Waals surface area (Å²) in [5, 5.41) is 13.0. The highest BCUT2D eigenvalue weighted by Gasteiger charge is 2.31. The van der Waals surface area contributed by atoms with Gasteiger partial charge >= 0.3 is 6.03 Å². The normalized spacial score (nSPS) is 22.5. The Hall–Kier alpha value is -2.52. The lowest BCUT2D eigenvalue weighted by Crippen LogP contribution is -2.49. The number of aliphatic hydroxyl groups excluding tert-OH is 1. The summed E-state index contributed by atoms with van der Waals surface area (Å²) in [6, 6.07) is 5.15. The quantitative estimate of drug-likeness (QED) is 0.595. The fourth-order valence-electron chi connectivity index (χ4n) is 4.36. The lowest BCUT2D eigenvalue weighted by atomic mass is 10.0. The van der Waals surface area contributed by atoms with E-state index in [0.29, 0.717) is 31.0 Å². The summed E-state index contributed by atoms with van der Waals surface area (Å²) >= 11 is 0. The van der Waals surface area contributed by atoms with Crippen LogP contribution < -0.4 is 15.0 Å². The van der Waals surface area contributed by atoms with Crippen LogP contribution in [0.4, 0.5) is 10.5 Å². The number of nitrogens with zero attached hydrogens (tertiary/aromatic N) is 3. The first-order valence-corrected chi connectivity index (χ1v) is 13.5. The number of carbonyl (C=O) groups excluding carboxylic acids is 2. The number of anilines is 1. The molecule has 0 radical (unpaired) electrons. The summed E-state index contributed by atoms with van der Waals surface area (Å²) in [6.07, 6.45) is 2.30. The van der Waals surface area contributed by atoms with Gasteiger partial charge in [0.05, 0.1) is 30.4 Å². The van der Waals surface area contributed by atoms with Crippen molar-refractivity contribution in [2.45, 2.75) is 78.2 Å². The highest BCUT2D eigenvalue weighted by atomic mass is 16.5. The zero-order valence-electron chi connectivity index (χ0n) is 24.0. The van der Waals surface area contributed by atoms with Crippen molar-refractivity contribution >= 4 is 17.6 Å². The molecule has 37 heavy (non-hydrogen) atoms. The molecule has 3 amide bonds. The van der Waals surface area contributed by atoms with Crippen molar-refractivity contribution in [3.63, 3.8) is 0 Å². The summed E-state index contributed by atoms with van der Waals surface area (Å²) in [4.78, 5) is 31.9. The van der Waals surface area contributed by atoms with Crippen LogP contribution in [-0.4, -0.2) is 98.6 Å². The highest BCUT2D eigenvalue weighted by molar-refractivity contribution is 5.98. The van der Waals surface area contributed by atoms with Crippen LogP contribution >= 0.6 is 0 Å². The average Bonchev–Trinajstić information content (AvgIpc) is 2.84. The predicted octanol–water partition coefficient (Wildman–Crippen LogP) is 3.60. The molecule has 0 unspecified atom stereocenters. The molecule has 1 aromatic rings. The second-order valence-electron chi connectivity index (χ2n) is 10.9. The molecular formula is C28H48N4O5. The van der Waals surface area contributed by atoms with Crippen molar-refractivity contribution < 1.29 is 24.2 Å². The van der Waals surface area contributed by atoms with Crippen LogP contribution in [0, 0.1) is 5.92 Å². The number of rotatable bonds is 6. The van der Waals surface area contributed by atoms with Crippen LogP contribution in [0.5, 0.6) is 5.75 Å². The van der Waals surface area contributed by atoms with Gasteiger partial charge in [0.25, 0.3) is 5.91 Å². The van der Waals surface area contributed by atoms with Gasteiger partial charge in [-0.3, -0.25) is 4.79 Å². The Morgan fingerprint density at radius 1 is 1.19 bits per heavy atom. The van der Waals surface area contributed by atoms with Gasteiger partial charge in [-0.25, -0.2) is 4.79 Å². The van der Waals surface area contributed by atoms with E-state index in [4.69, 9.17) is 9.47 Å². The van der Waals surface area contributed by atoms with E-state index in [1.54, 1.807) is 16.8 Å². The van der Waals surface area contributed by atoms with E-state index < -0.39 is 6.04 Å². The number of urea groups is 1. The Bertz CT molecular complexity index is 878. The first kappa shape index (κ1) is 30.7. The average molecular weight is 521 g/mol.